The normalized spacial score (nSPS) is 11.9. The first-order valence-electron chi connectivity index (χ1n) is 7.34. The summed E-state index contributed by atoms with van der Waals surface area (Å²) in [6.07, 6.45) is 4.83. The minimum atomic E-state index is -0.342. The van der Waals surface area contributed by atoms with Crippen LogP contribution in [0.5, 0.6) is 0 Å². The van der Waals surface area contributed by atoms with E-state index in [1.807, 2.05) is 0 Å². The lowest BCUT2D eigenvalue weighted by Gasteiger charge is -2.17. The number of carbonyl (C=O) groups excluding carboxylic acids is 1. The third-order valence-corrected chi connectivity index (χ3v) is 3.60. The number of rotatable bonds is 8. The maximum atomic E-state index is 11.5. The lowest BCUT2D eigenvalue weighted by atomic mass is 9.99. The molecule has 0 aliphatic carbocycles. The van der Waals surface area contributed by atoms with Gasteiger partial charge in [-0.2, -0.15) is 0 Å². The summed E-state index contributed by atoms with van der Waals surface area (Å²) in [5.74, 6) is 0.294. The molecule has 1 aromatic rings. The van der Waals surface area contributed by atoms with Gasteiger partial charge in [0.05, 0.1) is 24.0 Å². The highest BCUT2D eigenvalue weighted by molar-refractivity contribution is 5.91. The largest absolute Gasteiger partial charge is 0.465 e. The fourth-order valence-corrected chi connectivity index (χ4v) is 2.15. The molecule has 0 aliphatic heterocycles. The van der Waals surface area contributed by atoms with E-state index in [0.29, 0.717) is 17.2 Å². The summed E-state index contributed by atoms with van der Waals surface area (Å²) in [6, 6.07) is 5.18. The number of hydrogen-bond acceptors (Lipinski definition) is 4. The molecule has 4 heteroatoms. The molecular formula is C16H26N2O2. The molecule has 112 valence electrons. The van der Waals surface area contributed by atoms with Crippen LogP contribution in [0.4, 0.5) is 11.4 Å². The monoisotopic (exact) mass is 278 g/mol. The molecule has 0 aliphatic rings. The Morgan fingerprint density at radius 2 is 2.15 bits per heavy atom. The molecule has 1 aromatic carbocycles. The standard InChI is InChI=1S/C16H26N2O2/c1-4-6-7-12(5-2)11-18-15-10-13(16(19)20-3)8-9-14(15)17/h8-10,12,18H,4-7,11,17H2,1-3H3. The summed E-state index contributed by atoms with van der Waals surface area (Å²) >= 11 is 0. The lowest BCUT2D eigenvalue weighted by Crippen LogP contribution is -2.15. The molecule has 0 spiro atoms. The summed E-state index contributed by atoms with van der Waals surface area (Å²) in [6.45, 7) is 5.29. The van der Waals surface area contributed by atoms with Crippen LogP contribution in [0.15, 0.2) is 18.2 Å². The quantitative estimate of drug-likeness (QED) is 0.562. The van der Waals surface area contributed by atoms with Gasteiger partial charge < -0.3 is 15.8 Å². The second-order valence-electron chi connectivity index (χ2n) is 5.09. The minimum absolute atomic E-state index is 0.342. The summed E-state index contributed by atoms with van der Waals surface area (Å²) in [5.41, 5.74) is 7.93. The Labute approximate surface area is 121 Å². The maximum Gasteiger partial charge on any atom is 0.337 e. The summed E-state index contributed by atoms with van der Waals surface area (Å²) in [4.78, 5) is 11.5. The minimum Gasteiger partial charge on any atom is -0.465 e. The molecule has 0 saturated heterocycles. The average molecular weight is 278 g/mol. The van der Waals surface area contributed by atoms with Gasteiger partial charge in [-0.15, -0.1) is 0 Å². The van der Waals surface area contributed by atoms with Gasteiger partial charge in [-0.05, 0) is 30.5 Å². The van der Waals surface area contributed by atoms with E-state index in [2.05, 4.69) is 19.2 Å². The van der Waals surface area contributed by atoms with E-state index in [-0.39, 0.29) is 5.97 Å². The van der Waals surface area contributed by atoms with E-state index >= 15 is 0 Å². The highest BCUT2D eigenvalue weighted by Crippen LogP contribution is 2.22. The van der Waals surface area contributed by atoms with Crippen molar-refractivity contribution >= 4 is 17.3 Å². The van der Waals surface area contributed by atoms with Crippen LogP contribution in [-0.4, -0.2) is 19.6 Å². The maximum absolute atomic E-state index is 11.5. The number of nitrogens with one attached hydrogen (secondary N) is 1. The van der Waals surface area contributed by atoms with Crippen LogP contribution in [0.25, 0.3) is 0 Å². The fourth-order valence-electron chi connectivity index (χ4n) is 2.15. The Bertz CT molecular complexity index is 432. The molecule has 4 nitrogen and oxygen atoms in total. The molecular weight excluding hydrogens is 252 g/mol. The summed E-state index contributed by atoms with van der Waals surface area (Å²) in [7, 11) is 1.38. The number of nitrogens with two attached hydrogens (primary N) is 1. The number of ether oxygens (including phenoxy) is 1. The zero-order valence-electron chi connectivity index (χ0n) is 12.7. The zero-order chi connectivity index (χ0) is 15.0. The van der Waals surface area contributed by atoms with Gasteiger partial charge in [0.25, 0.3) is 0 Å². The second kappa shape index (κ2) is 8.46. The molecule has 0 bridgehead atoms. The predicted molar refractivity (Wildman–Crippen MR) is 84.0 cm³/mol. The van der Waals surface area contributed by atoms with Gasteiger partial charge >= 0.3 is 5.97 Å². The molecule has 1 atom stereocenters. The van der Waals surface area contributed by atoms with Gasteiger partial charge in [-0.1, -0.05) is 33.1 Å². The second-order valence-corrected chi connectivity index (χ2v) is 5.09. The highest BCUT2D eigenvalue weighted by Gasteiger charge is 2.10. The van der Waals surface area contributed by atoms with Gasteiger partial charge in [0.2, 0.25) is 0 Å². The smallest absolute Gasteiger partial charge is 0.337 e. The van der Waals surface area contributed by atoms with Crippen LogP contribution in [0, 0.1) is 5.92 Å². The van der Waals surface area contributed by atoms with Crippen molar-refractivity contribution in [2.24, 2.45) is 5.92 Å². The van der Waals surface area contributed by atoms with Crippen molar-refractivity contribution in [3.05, 3.63) is 23.8 Å². The Kier molecular flexibility index (Phi) is 6.91. The lowest BCUT2D eigenvalue weighted by molar-refractivity contribution is 0.0601. The van der Waals surface area contributed by atoms with Crippen molar-refractivity contribution < 1.29 is 9.53 Å². The highest BCUT2D eigenvalue weighted by atomic mass is 16.5. The van der Waals surface area contributed by atoms with Crippen LogP contribution in [0.3, 0.4) is 0 Å². The number of benzene rings is 1. The Balaban J connectivity index is 2.68. The van der Waals surface area contributed by atoms with Crippen molar-refractivity contribution in [3.63, 3.8) is 0 Å². The zero-order valence-corrected chi connectivity index (χ0v) is 12.7. The molecule has 0 fully saturated rings. The van der Waals surface area contributed by atoms with Crippen molar-refractivity contribution in [2.45, 2.75) is 39.5 Å². The SMILES string of the molecule is CCCCC(CC)CNc1cc(C(=O)OC)ccc1N. The predicted octanol–water partition coefficient (Wildman–Crippen LogP) is 3.68. The van der Waals surface area contributed by atoms with Crippen molar-refractivity contribution in [1.82, 2.24) is 0 Å². The van der Waals surface area contributed by atoms with Gasteiger partial charge in [0.15, 0.2) is 0 Å². The number of unbranched alkanes of at least 4 members (excludes halogenated alkanes) is 1. The van der Waals surface area contributed by atoms with E-state index in [0.717, 1.165) is 18.7 Å². The summed E-state index contributed by atoms with van der Waals surface area (Å²) < 4.78 is 4.72. The van der Waals surface area contributed by atoms with Crippen LogP contribution >= 0.6 is 0 Å². The van der Waals surface area contributed by atoms with Crippen LogP contribution < -0.4 is 11.1 Å². The molecule has 0 amide bonds. The first kappa shape index (κ1) is 16.3. The first-order chi connectivity index (χ1) is 9.62. The van der Waals surface area contributed by atoms with Gasteiger partial charge in [0.1, 0.15) is 0 Å². The third kappa shape index (κ3) is 4.76. The van der Waals surface area contributed by atoms with E-state index in [9.17, 15) is 4.79 Å². The molecule has 1 unspecified atom stereocenters. The van der Waals surface area contributed by atoms with E-state index in [1.54, 1.807) is 18.2 Å². The molecule has 1 rings (SSSR count). The number of anilines is 2. The Morgan fingerprint density at radius 3 is 2.75 bits per heavy atom. The molecule has 0 heterocycles. The van der Waals surface area contributed by atoms with Gasteiger partial charge in [-0.25, -0.2) is 4.79 Å². The molecule has 0 aromatic heterocycles. The number of carbonyl (C=O) groups is 1. The number of esters is 1. The van der Waals surface area contributed by atoms with Gasteiger partial charge in [0, 0.05) is 6.54 Å². The van der Waals surface area contributed by atoms with Crippen LogP contribution in [-0.2, 0) is 4.74 Å². The number of nitrogen functional groups attached to an aromatic ring is 1. The summed E-state index contributed by atoms with van der Waals surface area (Å²) in [5, 5.41) is 3.36. The Morgan fingerprint density at radius 1 is 1.40 bits per heavy atom. The average Bonchev–Trinajstić information content (AvgIpc) is 2.48. The van der Waals surface area contributed by atoms with Crippen LogP contribution in [0.2, 0.25) is 0 Å². The van der Waals surface area contributed by atoms with E-state index in [1.165, 1.54) is 26.4 Å². The van der Waals surface area contributed by atoms with Crippen molar-refractivity contribution in [1.29, 1.82) is 0 Å². The molecule has 0 radical (unpaired) electrons. The fraction of sp³-hybridized carbons (Fsp3) is 0.562. The molecule has 20 heavy (non-hydrogen) atoms. The van der Waals surface area contributed by atoms with Crippen LogP contribution in [0.1, 0.15) is 49.9 Å². The molecule has 3 N–H and O–H groups in total. The topological polar surface area (TPSA) is 64.3 Å². The number of hydrogen-bond donors (Lipinski definition) is 2. The van der Waals surface area contributed by atoms with Crippen molar-refractivity contribution in [3.8, 4) is 0 Å². The molecule has 0 saturated carbocycles. The van der Waals surface area contributed by atoms with E-state index < -0.39 is 0 Å². The van der Waals surface area contributed by atoms with Crippen molar-refractivity contribution in [2.75, 3.05) is 24.7 Å². The Hall–Kier alpha value is -1.71. The van der Waals surface area contributed by atoms with E-state index in [4.69, 9.17) is 10.5 Å². The third-order valence-electron chi connectivity index (χ3n) is 3.60. The van der Waals surface area contributed by atoms with Gasteiger partial charge in [-0.3, -0.25) is 0 Å². The number of methoxy groups -OCH3 is 1. The first-order valence-corrected chi connectivity index (χ1v) is 7.34.